The van der Waals surface area contributed by atoms with E-state index in [2.05, 4.69) is 27.2 Å². The number of carboxylic acids is 1. The molecule has 3 rings (SSSR count). The summed E-state index contributed by atoms with van der Waals surface area (Å²) in [5.41, 5.74) is 5.67. The predicted octanol–water partition coefficient (Wildman–Crippen LogP) is 1.79. The number of thioether (sulfide) groups is 1. The lowest BCUT2D eigenvalue weighted by atomic mass is 10.0. The Labute approximate surface area is 221 Å². The highest BCUT2D eigenvalue weighted by Crippen LogP contribution is 2.40. The highest BCUT2D eigenvalue weighted by Gasteiger charge is 2.54. The number of aromatic nitrogens is 1. The fourth-order valence-corrected chi connectivity index (χ4v) is 5.29. The number of alkyl halides is 1. The van der Waals surface area contributed by atoms with E-state index in [1.807, 2.05) is 0 Å². The molecule has 0 bridgehead atoms. The minimum absolute atomic E-state index is 0.165. The van der Waals surface area contributed by atoms with Crippen LogP contribution in [0.5, 0.6) is 0 Å². The monoisotopic (exact) mass is 561 g/mol. The van der Waals surface area contributed by atoms with Crippen molar-refractivity contribution in [1.29, 1.82) is 0 Å². The van der Waals surface area contributed by atoms with Crippen LogP contribution in [-0.4, -0.2) is 81.2 Å². The number of hydrogen-bond acceptors (Lipinski definition) is 11. The number of thiazole rings is 1. The van der Waals surface area contributed by atoms with Gasteiger partial charge in [-0.15, -0.1) is 34.7 Å². The molecule has 4 N–H and O–H groups in total. The number of carbonyl (C=O) groups excluding carboxylic acids is 3. The molecule has 198 valence electrons. The van der Waals surface area contributed by atoms with Crippen molar-refractivity contribution in [2.24, 2.45) is 5.16 Å². The number of anilines is 1. The van der Waals surface area contributed by atoms with Crippen molar-refractivity contribution in [1.82, 2.24) is 15.2 Å². The summed E-state index contributed by atoms with van der Waals surface area (Å²) in [7, 11) is 1.25. The number of hydrogen-bond donors (Lipinski definition) is 3. The van der Waals surface area contributed by atoms with Gasteiger partial charge in [0.2, 0.25) is 0 Å². The van der Waals surface area contributed by atoms with Gasteiger partial charge in [-0.3, -0.25) is 19.3 Å². The van der Waals surface area contributed by atoms with Crippen molar-refractivity contribution < 1.29 is 33.9 Å². The number of rotatable bonds is 10. The number of carbonyl (C=O) groups is 4. The molecule has 15 heteroatoms. The van der Waals surface area contributed by atoms with Gasteiger partial charge in [0.1, 0.15) is 36.5 Å². The van der Waals surface area contributed by atoms with Crippen LogP contribution in [0.4, 0.5) is 5.13 Å². The second-order valence-electron chi connectivity index (χ2n) is 7.49. The smallest absolute Gasteiger partial charge is 0.352 e. The molecule has 1 saturated heterocycles. The van der Waals surface area contributed by atoms with E-state index >= 15 is 0 Å². The molecule has 36 heavy (non-hydrogen) atoms. The molecule has 2 atom stereocenters. The Bertz CT molecular complexity index is 1040. The summed E-state index contributed by atoms with van der Waals surface area (Å²) in [6, 6.07) is -0.967. The van der Waals surface area contributed by atoms with Gasteiger partial charge < -0.3 is 25.7 Å². The van der Waals surface area contributed by atoms with Gasteiger partial charge in [-0.25, -0.2) is 9.78 Å². The van der Waals surface area contributed by atoms with E-state index in [1.165, 1.54) is 50.4 Å². The molecule has 2 aliphatic rings. The third-order valence-corrected chi connectivity index (χ3v) is 7.17. The molecule has 3 heterocycles. The predicted molar refractivity (Wildman–Crippen MR) is 137 cm³/mol. The van der Waals surface area contributed by atoms with Crippen LogP contribution < -0.4 is 11.1 Å². The minimum atomic E-state index is -1.32. The summed E-state index contributed by atoms with van der Waals surface area (Å²) in [4.78, 5) is 57.8. The fourth-order valence-electron chi connectivity index (χ4n) is 3.23. The Hall–Kier alpha value is -2.84. The van der Waals surface area contributed by atoms with Crippen LogP contribution in [-0.2, 0) is 28.8 Å². The minimum Gasteiger partial charge on any atom is -0.477 e. The summed E-state index contributed by atoms with van der Waals surface area (Å²) in [5.74, 6) is -2.15. The number of unbranched alkanes of at least 4 members (excludes halogenated alkanes) is 2. The standard InChI is InChI=1S/C16H17N5O7S2.C5H11Cl/c1-6(22)28-3-7-4-29-14-10(13(24)21(14)11(7)15(25)26)19-12(23)9(20-27-2)8-5-30-16(17)18-8;1-2-3-4-5-6/h5,10,14H,3-4H2,1-2H3,(H2,17,18)(H,19,23)(H,25,26);2-5H2,1H3/b20-9+;/t10-,14-;/m1./s1. The number of nitrogens with zero attached hydrogens (tertiary/aromatic N) is 3. The van der Waals surface area contributed by atoms with Gasteiger partial charge in [0.25, 0.3) is 11.8 Å². The summed E-state index contributed by atoms with van der Waals surface area (Å²) in [6.45, 7) is 3.15. The molecule has 1 aromatic rings. The van der Waals surface area contributed by atoms with Gasteiger partial charge in [-0.2, -0.15) is 0 Å². The zero-order valence-corrected chi connectivity index (χ0v) is 22.4. The number of β-lactam (4-membered cyclic amide) rings is 1. The van der Waals surface area contributed by atoms with Gasteiger partial charge in [-0.05, 0) is 6.42 Å². The third-order valence-electron chi connectivity index (χ3n) is 4.89. The number of nitrogens with two attached hydrogens (primary N) is 1. The zero-order valence-electron chi connectivity index (χ0n) is 20.0. The number of aliphatic carboxylic acids is 1. The van der Waals surface area contributed by atoms with E-state index in [0.29, 0.717) is 5.57 Å². The number of esters is 1. The lowest BCUT2D eigenvalue weighted by molar-refractivity contribution is -0.150. The molecular formula is C21H28ClN5O7S2. The van der Waals surface area contributed by atoms with Gasteiger partial charge >= 0.3 is 11.9 Å². The number of fused-ring (bicyclic) bond motifs is 1. The number of carboxylic acid groups (broad SMARTS) is 1. The maximum atomic E-state index is 12.7. The summed E-state index contributed by atoms with van der Waals surface area (Å²) in [5, 5.41) is 16.9. The van der Waals surface area contributed by atoms with Crippen molar-refractivity contribution in [2.75, 3.05) is 31.1 Å². The van der Waals surface area contributed by atoms with E-state index in [9.17, 15) is 24.3 Å². The van der Waals surface area contributed by atoms with Gasteiger partial charge in [0, 0.05) is 29.5 Å². The Morgan fingerprint density at radius 1 is 1.39 bits per heavy atom. The van der Waals surface area contributed by atoms with Crippen molar-refractivity contribution >= 4 is 69.3 Å². The second kappa shape index (κ2) is 14.0. The van der Waals surface area contributed by atoms with Crippen LogP contribution in [0.1, 0.15) is 38.8 Å². The van der Waals surface area contributed by atoms with Crippen molar-refractivity contribution in [2.45, 2.75) is 44.5 Å². The molecule has 2 aliphatic heterocycles. The fraction of sp³-hybridized carbons (Fsp3) is 0.524. The Morgan fingerprint density at radius 3 is 2.61 bits per heavy atom. The number of nitrogen functional groups attached to an aromatic ring is 1. The van der Waals surface area contributed by atoms with E-state index in [0.717, 1.165) is 22.1 Å². The molecule has 1 fully saturated rings. The Kier molecular flexibility index (Phi) is 11.5. The molecule has 12 nitrogen and oxygen atoms in total. The SMILES string of the molecule is CCCCCCl.CO/N=C(/C(=O)N[C@@H]1C(=O)N2C(C(=O)O)=C(COC(C)=O)CS[C@H]12)c1csc(N)n1. The average Bonchev–Trinajstić information content (AvgIpc) is 3.28. The normalized spacial score (nSPS) is 18.9. The first-order valence-electron chi connectivity index (χ1n) is 10.9. The van der Waals surface area contributed by atoms with Crippen LogP contribution in [0.15, 0.2) is 21.8 Å². The Morgan fingerprint density at radius 2 is 2.11 bits per heavy atom. The molecule has 2 amide bonds. The van der Waals surface area contributed by atoms with Crippen LogP contribution in [0.2, 0.25) is 0 Å². The van der Waals surface area contributed by atoms with Crippen molar-refractivity contribution in [3.05, 3.63) is 22.3 Å². The first kappa shape index (κ1) is 29.4. The van der Waals surface area contributed by atoms with Crippen LogP contribution in [0.3, 0.4) is 0 Å². The topological polar surface area (TPSA) is 174 Å². The molecule has 0 saturated carbocycles. The molecular weight excluding hydrogens is 534 g/mol. The van der Waals surface area contributed by atoms with Crippen LogP contribution >= 0.6 is 34.7 Å². The third kappa shape index (κ3) is 7.34. The highest BCUT2D eigenvalue weighted by atomic mass is 35.5. The highest BCUT2D eigenvalue weighted by molar-refractivity contribution is 8.00. The zero-order chi connectivity index (χ0) is 26.8. The largest absolute Gasteiger partial charge is 0.477 e. The molecule has 0 spiro atoms. The first-order chi connectivity index (χ1) is 17.2. The molecule has 0 unspecified atom stereocenters. The molecule has 1 aromatic heterocycles. The van der Waals surface area contributed by atoms with Crippen molar-refractivity contribution in [3.63, 3.8) is 0 Å². The maximum Gasteiger partial charge on any atom is 0.352 e. The van der Waals surface area contributed by atoms with Crippen LogP contribution in [0.25, 0.3) is 0 Å². The average molecular weight is 562 g/mol. The number of amides is 2. The summed E-state index contributed by atoms with van der Waals surface area (Å²) >= 11 is 7.73. The van der Waals surface area contributed by atoms with E-state index in [4.69, 9.17) is 22.1 Å². The molecule has 0 aromatic carbocycles. The van der Waals surface area contributed by atoms with Crippen LogP contribution in [0, 0.1) is 0 Å². The van der Waals surface area contributed by atoms with E-state index in [1.54, 1.807) is 0 Å². The quantitative estimate of drug-likeness (QED) is 0.0953. The second-order valence-corrected chi connectivity index (χ2v) is 9.86. The Balaban J connectivity index is 0.000000678. The maximum absolute atomic E-state index is 12.7. The summed E-state index contributed by atoms with van der Waals surface area (Å²) < 4.78 is 4.88. The van der Waals surface area contributed by atoms with E-state index in [-0.39, 0.29) is 34.6 Å². The molecule has 0 radical (unpaired) electrons. The van der Waals surface area contributed by atoms with Crippen molar-refractivity contribution in [3.8, 4) is 0 Å². The van der Waals surface area contributed by atoms with Gasteiger partial charge in [-0.1, -0.05) is 24.9 Å². The molecule has 0 aliphatic carbocycles. The first-order valence-corrected chi connectivity index (χ1v) is 13.3. The number of ether oxygens (including phenoxy) is 1. The number of nitrogens with one attached hydrogen (secondary N) is 1. The van der Waals surface area contributed by atoms with Gasteiger partial charge in [0.05, 0.1) is 0 Å². The summed E-state index contributed by atoms with van der Waals surface area (Å²) in [6.07, 6.45) is 3.73. The van der Waals surface area contributed by atoms with Gasteiger partial charge in [0.15, 0.2) is 10.8 Å². The van der Waals surface area contributed by atoms with E-state index < -0.39 is 35.2 Å². The number of halogens is 1. The number of oxime groups is 1. The lowest BCUT2D eigenvalue weighted by Crippen LogP contribution is -2.71. The lowest BCUT2D eigenvalue weighted by Gasteiger charge is -2.49.